The average molecular weight is 267 g/mol. The van der Waals surface area contributed by atoms with Gasteiger partial charge in [0.25, 0.3) is 11.8 Å². The van der Waals surface area contributed by atoms with Crippen LogP contribution in [0.4, 0.5) is 5.69 Å². The third-order valence-electron chi connectivity index (χ3n) is 3.44. The predicted octanol–water partition coefficient (Wildman–Crippen LogP) is 2.80. The molecule has 20 heavy (non-hydrogen) atoms. The Morgan fingerprint density at radius 3 is 2.10 bits per heavy atom. The van der Waals surface area contributed by atoms with Gasteiger partial charge < -0.3 is 4.74 Å². The number of carbonyl (C=O) groups excluding carboxylic acids is 2. The van der Waals surface area contributed by atoms with Gasteiger partial charge in [-0.3, -0.25) is 9.59 Å². The lowest BCUT2D eigenvalue weighted by molar-refractivity contribution is 0.0926. The first-order chi connectivity index (χ1) is 9.63. The van der Waals surface area contributed by atoms with Crippen molar-refractivity contribution in [1.82, 2.24) is 0 Å². The molecule has 1 heterocycles. The standard InChI is InChI=1S/C16H13NO3/c1-10-7-8-11(9-14(10)20-2)17-15(18)12-5-3-4-6-13(12)16(17)19/h3-9H,1-2H3. The molecule has 2 aromatic rings. The number of imide groups is 1. The van der Waals surface area contributed by atoms with Crippen LogP contribution in [0.15, 0.2) is 42.5 Å². The predicted molar refractivity (Wildman–Crippen MR) is 75.3 cm³/mol. The highest BCUT2D eigenvalue weighted by Gasteiger charge is 2.36. The molecule has 100 valence electrons. The van der Waals surface area contributed by atoms with E-state index in [1.165, 1.54) is 4.90 Å². The maximum absolute atomic E-state index is 12.4. The maximum Gasteiger partial charge on any atom is 0.266 e. The van der Waals surface area contributed by atoms with E-state index in [0.29, 0.717) is 22.6 Å². The number of amides is 2. The molecule has 0 bridgehead atoms. The SMILES string of the molecule is COc1cc(N2C(=O)c3ccccc3C2=O)ccc1C. The molecule has 4 nitrogen and oxygen atoms in total. The van der Waals surface area contributed by atoms with Crippen molar-refractivity contribution in [1.29, 1.82) is 0 Å². The summed E-state index contributed by atoms with van der Waals surface area (Å²) in [5.41, 5.74) is 2.36. The first-order valence-corrected chi connectivity index (χ1v) is 6.26. The number of fused-ring (bicyclic) bond motifs is 1. The third-order valence-corrected chi connectivity index (χ3v) is 3.44. The van der Waals surface area contributed by atoms with Gasteiger partial charge in [0.15, 0.2) is 0 Å². The number of hydrogen-bond donors (Lipinski definition) is 0. The number of aryl methyl sites for hydroxylation is 1. The van der Waals surface area contributed by atoms with Crippen LogP contribution in [0.1, 0.15) is 26.3 Å². The van der Waals surface area contributed by atoms with Crippen LogP contribution in [0.2, 0.25) is 0 Å². The zero-order valence-electron chi connectivity index (χ0n) is 11.2. The summed E-state index contributed by atoms with van der Waals surface area (Å²) in [7, 11) is 1.56. The molecule has 0 saturated heterocycles. The molecular formula is C16H13NO3. The number of carbonyl (C=O) groups is 2. The Morgan fingerprint density at radius 1 is 0.950 bits per heavy atom. The van der Waals surface area contributed by atoms with E-state index in [-0.39, 0.29) is 11.8 Å². The van der Waals surface area contributed by atoms with Crippen LogP contribution in [0.3, 0.4) is 0 Å². The lowest BCUT2D eigenvalue weighted by Crippen LogP contribution is -2.29. The maximum atomic E-state index is 12.4. The van der Waals surface area contributed by atoms with E-state index in [0.717, 1.165) is 5.56 Å². The van der Waals surface area contributed by atoms with Crippen molar-refractivity contribution in [2.45, 2.75) is 6.92 Å². The summed E-state index contributed by atoms with van der Waals surface area (Å²) in [6, 6.07) is 12.1. The van der Waals surface area contributed by atoms with Gasteiger partial charge in [0.1, 0.15) is 5.75 Å². The lowest BCUT2D eigenvalue weighted by atomic mass is 10.1. The Balaban J connectivity index is 2.09. The molecule has 3 rings (SSSR count). The number of benzene rings is 2. The van der Waals surface area contributed by atoms with E-state index in [2.05, 4.69) is 0 Å². The molecule has 0 aliphatic carbocycles. The van der Waals surface area contributed by atoms with Crippen LogP contribution < -0.4 is 9.64 Å². The smallest absolute Gasteiger partial charge is 0.266 e. The van der Waals surface area contributed by atoms with E-state index in [1.54, 1.807) is 43.5 Å². The lowest BCUT2D eigenvalue weighted by Gasteiger charge is -2.15. The van der Waals surface area contributed by atoms with Gasteiger partial charge >= 0.3 is 0 Å². The van der Waals surface area contributed by atoms with Crippen LogP contribution in [-0.4, -0.2) is 18.9 Å². The van der Waals surface area contributed by atoms with Gasteiger partial charge in [-0.2, -0.15) is 0 Å². The molecule has 0 aromatic heterocycles. The van der Waals surface area contributed by atoms with Crippen molar-refractivity contribution in [2.24, 2.45) is 0 Å². The second kappa shape index (κ2) is 4.49. The highest BCUT2D eigenvalue weighted by atomic mass is 16.5. The van der Waals surface area contributed by atoms with E-state index in [4.69, 9.17) is 4.74 Å². The normalized spacial score (nSPS) is 13.6. The first kappa shape index (κ1) is 12.4. The van der Waals surface area contributed by atoms with E-state index in [9.17, 15) is 9.59 Å². The summed E-state index contributed by atoms with van der Waals surface area (Å²) in [4.78, 5) is 25.9. The Kier molecular flexibility index (Phi) is 2.79. The van der Waals surface area contributed by atoms with Crippen LogP contribution >= 0.6 is 0 Å². The molecule has 1 aliphatic rings. The molecule has 0 radical (unpaired) electrons. The molecule has 1 aliphatic heterocycles. The van der Waals surface area contributed by atoms with Crippen molar-refractivity contribution in [3.05, 3.63) is 59.2 Å². The number of ether oxygens (including phenoxy) is 1. The summed E-state index contributed by atoms with van der Waals surface area (Å²) < 4.78 is 5.24. The van der Waals surface area contributed by atoms with Gasteiger partial charge in [-0.25, -0.2) is 4.90 Å². The molecule has 0 atom stereocenters. The summed E-state index contributed by atoms with van der Waals surface area (Å²) in [5, 5.41) is 0. The summed E-state index contributed by atoms with van der Waals surface area (Å²) in [6.45, 7) is 1.91. The van der Waals surface area contributed by atoms with Crippen LogP contribution in [-0.2, 0) is 0 Å². The number of hydrogen-bond acceptors (Lipinski definition) is 3. The molecule has 2 amide bonds. The molecule has 0 fully saturated rings. The molecule has 0 spiro atoms. The average Bonchev–Trinajstić information content (AvgIpc) is 2.72. The highest BCUT2D eigenvalue weighted by Crippen LogP contribution is 2.31. The van der Waals surface area contributed by atoms with Crippen molar-refractivity contribution in [3.63, 3.8) is 0 Å². The van der Waals surface area contributed by atoms with Crippen LogP contribution in [0, 0.1) is 6.92 Å². The molecule has 4 heteroatoms. The number of rotatable bonds is 2. The second-order valence-corrected chi connectivity index (χ2v) is 4.65. The second-order valence-electron chi connectivity index (χ2n) is 4.65. The fourth-order valence-electron chi connectivity index (χ4n) is 2.37. The Bertz CT molecular complexity index is 686. The Labute approximate surface area is 116 Å². The number of methoxy groups -OCH3 is 1. The van der Waals surface area contributed by atoms with Gasteiger partial charge in [-0.05, 0) is 30.7 Å². The zero-order valence-corrected chi connectivity index (χ0v) is 11.2. The topological polar surface area (TPSA) is 46.6 Å². The molecule has 2 aromatic carbocycles. The van der Waals surface area contributed by atoms with Crippen LogP contribution in [0.25, 0.3) is 0 Å². The minimum Gasteiger partial charge on any atom is -0.496 e. The van der Waals surface area contributed by atoms with Gasteiger partial charge in [0, 0.05) is 6.07 Å². The van der Waals surface area contributed by atoms with Crippen LogP contribution in [0.5, 0.6) is 5.75 Å². The number of anilines is 1. The minimum atomic E-state index is -0.295. The van der Waals surface area contributed by atoms with Crippen molar-refractivity contribution in [2.75, 3.05) is 12.0 Å². The molecule has 0 unspecified atom stereocenters. The number of nitrogens with zero attached hydrogens (tertiary/aromatic N) is 1. The van der Waals surface area contributed by atoms with Crippen molar-refractivity contribution < 1.29 is 14.3 Å². The fraction of sp³-hybridized carbons (Fsp3) is 0.125. The van der Waals surface area contributed by atoms with Gasteiger partial charge in [0.05, 0.1) is 23.9 Å². The minimum absolute atomic E-state index is 0.295. The van der Waals surface area contributed by atoms with Gasteiger partial charge in [-0.15, -0.1) is 0 Å². The quantitative estimate of drug-likeness (QED) is 0.786. The van der Waals surface area contributed by atoms with E-state index in [1.807, 2.05) is 13.0 Å². The third kappa shape index (κ3) is 1.69. The largest absolute Gasteiger partial charge is 0.496 e. The first-order valence-electron chi connectivity index (χ1n) is 6.26. The van der Waals surface area contributed by atoms with E-state index < -0.39 is 0 Å². The molecule has 0 N–H and O–H groups in total. The molecular weight excluding hydrogens is 254 g/mol. The van der Waals surface area contributed by atoms with E-state index >= 15 is 0 Å². The summed E-state index contributed by atoms with van der Waals surface area (Å²) in [6.07, 6.45) is 0. The highest BCUT2D eigenvalue weighted by molar-refractivity contribution is 6.34. The fourth-order valence-corrected chi connectivity index (χ4v) is 2.37. The Morgan fingerprint density at radius 2 is 1.55 bits per heavy atom. The molecule has 0 saturated carbocycles. The Hall–Kier alpha value is -2.62. The zero-order chi connectivity index (χ0) is 14.3. The summed E-state index contributed by atoms with van der Waals surface area (Å²) in [5.74, 6) is 0.0621. The van der Waals surface area contributed by atoms with Crippen molar-refractivity contribution >= 4 is 17.5 Å². The summed E-state index contributed by atoms with van der Waals surface area (Å²) >= 11 is 0. The van der Waals surface area contributed by atoms with Gasteiger partial charge in [0.2, 0.25) is 0 Å². The van der Waals surface area contributed by atoms with Gasteiger partial charge in [-0.1, -0.05) is 18.2 Å². The monoisotopic (exact) mass is 267 g/mol. The van der Waals surface area contributed by atoms with Crippen molar-refractivity contribution in [3.8, 4) is 5.75 Å².